The molecule has 0 saturated carbocycles. The molecule has 4 fully saturated rings. The number of anilines is 4. The summed E-state index contributed by atoms with van der Waals surface area (Å²) in [6.45, 7) is 35.5. The Labute approximate surface area is 597 Å². The quantitative estimate of drug-likeness (QED) is 0.0670. The number of benzene rings is 2. The van der Waals surface area contributed by atoms with Gasteiger partial charge in [0.15, 0.2) is 0 Å². The number of aromatic nitrogens is 8. The van der Waals surface area contributed by atoms with Crippen molar-refractivity contribution in [2.75, 3.05) is 119 Å². The standard InChI is InChI=1S/C29H37ClN8O.C28H35ClN8O.2C2H5.5HI.2V/c1-6-26(39)36-7-9-37(10-8-36)28-21-11-17(2)20(27-18(3)23(30)13-25-22(27)14-31-34-25)12-24(21)32-29(33-28)38-15-19(16-38)35(4)5;1-5-25(38)35-6-8-36(9-7-35)27-20-10-16(2)19(26-17(3)22(29)12-24-21(26)13-31-34-24)11-23(20)32-28(33-27)37-14-18(15-37)30-4;2*1-2;;;;;;;/h6,13-14,17,19-20H,1,7-12,15-16H2,2-5H3,(H,31,34);5,12-13,16,18-19,30H,1,6-11,14-15H2,2-4H3,(H,31,34);2*1H2,2H3;5*1H;;/q;;2*-1;;;;;;+2;+3/p-5/t17-,20-;16-,19-;;;;;;;;;/m11........./s1. The molecule has 4 aliphatic heterocycles. The molecule has 18 nitrogen and oxygen atoms in total. The third kappa shape index (κ3) is 17.3. The first-order valence-corrected chi connectivity index (χ1v) is 52.9. The van der Waals surface area contributed by atoms with Crippen LogP contribution < -0.4 is 24.9 Å². The minimum atomic E-state index is -0.278. The van der Waals surface area contributed by atoms with Gasteiger partial charge in [0.05, 0.1) is 34.8 Å². The fourth-order valence-corrected chi connectivity index (χ4v) is 13.1. The third-order valence-corrected chi connectivity index (χ3v) is 18.5. The van der Waals surface area contributed by atoms with Crippen molar-refractivity contribution in [1.29, 1.82) is 0 Å². The molecule has 4 saturated heterocycles. The second kappa shape index (κ2) is 34.8. The second-order valence-corrected chi connectivity index (χ2v) is 70.7. The summed E-state index contributed by atoms with van der Waals surface area (Å²) in [5.41, 5.74) is 11.5. The average molecular weight is 1880 g/mol. The van der Waals surface area contributed by atoms with Gasteiger partial charge in [-0.15, -0.1) is 0 Å². The maximum atomic E-state index is 12.2. The number of hydrogen-bond donors (Lipinski definition) is 3. The van der Waals surface area contributed by atoms with Gasteiger partial charge in [-0.2, -0.15) is 34.0 Å². The molecule has 2 aromatic carbocycles. The van der Waals surface area contributed by atoms with E-state index in [9.17, 15) is 9.59 Å². The molecule has 88 heavy (non-hydrogen) atoms. The van der Waals surface area contributed by atoms with E-state index in [0.717, 1.165) is 156 Å². The Bertz CT molecular complexity index is 3350. The predicted molar refractivity (Wildman–Crippen MR) is 399 cm³/mol. The van der Waals surface area contributed by atoms with Crippen LogP contribution in [0.15, 0.2) is 49.8 Å². The molecule has 0 spiro atoms. The Morgan fingerprint density at radius 2 is 1.02 bits per heavy atom. The number of carbonyl (C=O) groups excluding carboxylic acids is 2. The number of amides is 2. The fourth-order valence-electron chi connectivity index (χ4n) is 12.7. The summed E-state index contributed by atoms with van der Waals surface area (Å²) < 4.78 is 0. The van der Waals surface area contributed by atoms with E-state index in [4.69, 9.17) is 43.1 Å². The summed E-state index contributed by atoms with van der Waals surface area (Å²) in [7, 11) is 6.88. The predicted octanol–water partition coefficient (Wildman–Crippen LogP) is 12.6. The van der Waals surface area contributed by atoms with Crippen LogP contribution >= 0.6 is 123 Å². The van der Waals surface area contributed by atoms with Gasteiger partial charge >= 0.3 is 114 Å². The van der Waals surface area contributed by atoms with E-state index in [0.29, 0.717) is 59.6 Å². The molecule has 6 aliphatic rings. The van der Waals surface area contributed by atoms with Crippen LogP contribution in [0.25, 0.3) is 21.8 Å². The van der Waals surface area contributed by atoms with E-state index < -0.39 is 0 Å². The summed E-state index contributed by atoms with van der Waals surface area (Å²) >= 11 is 25.5. The third-order valence-electron chi connectivity index (χ3n) is 17.7. The number of piperazine rings is 2. The second-order valence-electron chi connectivity index (χ2n) is 22.7. The van der Waals surface area contributed by atoms with Crippen molar-refractivity contribution < 1.29 is 24.0 Å². The SMILES string of the molecule is C=CC(=O)N1CCN(c2nc(N3CC(N(C)C)C3)nc3c2C[C@@H](C)[C@H](c2c(C)c(Cl)cc4[nH]ncc24)C3)CC1.C=CC(=O)N1CCN(c2nc(N3CC(NC)C3)nc3c2C[C@@H](C)[C@H](c2c(C)c(Cl)cc4[nH]ncc24)C3)CC1.[CH2-]C.[CH2-]C.[I][V]([I])[I].[I][V][I]. The minimum absolute atomic E-state index is 0.00530. The molecule has 12 rings (SSSR count). The topological polar surface area (TPSA) is 178 Å². The number of nitrogens with zero attached hydrogens (tertiary/aromatic N) is 13. The van der Waals surface area contributed by atoms with Gasteiger partial charge in [-0.25, -0.2) is 9.97 Å². The van der Waals surface area contributed by atoms with Crippen LogP contribution in [0.1, 0.15) is 84.3 Å². The Kier molecular flexibility index (Phi) is 29.2. The van der Waals surface area contributed by atoms with Crippen molar-refractivity contribution in [3.8, 4) is 0 Å². The zero-order valence-electron chi connectivity index (χ0n) is 51.7. The number of fused-ring (bicyclic) bond motifs is 4. The van der Waals surface area contributed by atoms with Gasteiger partial charge in [0.2, 0.25) is 23.7 Å². The van der Waals surface area contributed by atoms with Crippen molar-refractivity contribution >= 4 is 180 Å². The summed E-state index contributed by atoms with van der Waals surface area (Å²) in [6.07, 6.45) is 10.1. The van der Waals surface area contributed by atoms with Crippen LogP contribution in [0, 0.1) is 39.5 Å². The van der Waals surface area contributed by atoms with E-state index in [1.54, 1.807) is 13.8 Å². The summed E-state index contributed by atoms with van der Waals surface area (Å²) in [5.74, 6) is 5.00. The Morgan fingerprint density at radius 1 is 0.659 bits per heavy atom. The zero-order chi connectivity index (χ0) is 64.3. The van der Waals surface area contributed by atoms with Crippen LogP contribution in [0.4, 0.5) is 23.5 Å². The number of H-pyrrole nitrogens is 2. The van der Waals surface area contributed by atoms with E-state index in [2.05, 4.69) is 219 Å². The van der Waals surface area contributed by atoms with Crippen LogP contribution in [0.2, 0.25) is 10.0 Å². The molecule has 3 N–H and O–H groups in total. The molecule has 0 radical (unpaired) electrons. The van der Waals surface area contributed by atoms with Crippen LogP contribution in [-0.4, -0.2) is 179 Å². The molecule has 479 valence electrons. The van der Waals surface area contributed by atoms with Gasteiger partial charge in [0.25, 0.3) is 0 Å². The van der Waals surface area contributed by atoms with E-state index >= 15 is 0 Å². The van der Waals surface area contributed by atoms with Crippen molar-refractivity contribution in [1.82, 2.24) is 60.3 Å². The number of rotatable bonds is 10. The molecule has 2 amide bonds. The number of likely N-dealkylation sites (N-methyl/N-ethyl adjacent to an activating group) is 2. The molecule has 0 bridgehead atoms. The number of hydrogen-bond acceptors (Lipinski definition) is 14. The van der Waals surface area contributed by atoms with E-state index in [1.165, 1.54) is 34.4 Å². The van der Waals surface area contributed by atoms with Crippen molar-refractivity contribution in [3.05, 3.63) is 118 Å². The van der Waals surface area contributed by atoms with Crippen LogP contribution in [0.3, 0.4) is 0 Å². The molecule has 0 unspecified atom stereocenters. The Balaban J connectivity index is 0.000000216. The first-order chi connectivity index (χ1) is 42.3. The summed E-state index contributed by atoms with van der Waals surface area (Å²) in [6, 6.07) is 4.92. The first kappa shape index (κ1) is 73.9. The van der Waals surface area contributed by atoms with Gasteiger partial charge in [-0.3, -0.25) is 19.8 Å². The molecular formula is C61H82Cl2I5N16O2V2-2. The molecule has 4 atom stereocenters. The Hall–Kier alpha value is -1.52. The monoisotopic (exact) mass is 1880 g/mol. The number of carbonyl (C=O) groups is 2. The number of nitrogens with one attached hydrogen (secondary N) is 3. The number of halogens is 7. The molecular weight excluding hydrogens is 1800 g/mol. The Morgan fingerprint density at radius 3 is 1.36 bits per heavy atom. The molecule has 27 heteroatoms. The van der Waals surface area contributed by atoms with Crippen molar-refractivity contribution in [3.63, 3.8) is 0 Å². The van der Waals surface area contributed by atoms with Gasteiger partial charge in [-0.05, 0) is 131 Å². The normalized spacial score (nSPS) is 19.9. The molecule has 2 aliphatic carbocycles. The molecule has 8 heterocycles. The summed E-state index contributed by atoms with van der Waals surface area (Å²) in [5, 5.41) is 22.0. The average Bonchev–Trinajstić information content (AvgIpc) is 1.16. The molecule has 6 aromatic rings. The zero-order valence-corrected chi connectivity index (χ0v) is 66.8. The molecule has 4 aromatic heterocycles. The summed E-state index contributed by atoms with van der Waals surface area (Å²) in [4.78, 5) is 60.0. The van der Waals surface area contributed by atoms with Crippen LogP contribution in [0.5, 0.6) is 0 Å². The van der Waals surface area contributed by atoms with Gasteiger partial charge in [-0.1, -0.05) is 50.2 Å². The van der Waals surface area contributed by atoms with Gasteiger partial charge in [0.1, 0.15) is 11.6 Å². The first-order valence-electron chi connectivity index (χ1n) is 29.6. The van der Waals surface area contributed by atoms with Gasteiger partial charge in [0, 0.05) is 123 Å². The number of aromatic amines is 2. The fraction of sp³-hybridized carbons (Fsp3) is 0.508. The van der Waals surface area contributed by atoms with Crippen molar-refractivity contribution in [2.24, 2.45) is 11.8 Å². The van der Waals surface area contributed by atoms with Crippen LogP contribution in [-0.2, 0) is 49.7 Å². The van der Waals surface area contributed by atoms with Gasteiger partial charge < -0.3 is 53.5 Å². The van der Waals surface area contributed by atoms with E-state index in [-0.39, 0.29) is 28.6 Å². The maximum absolute atomic E-state index is 12.2. The van der Waals surface area contributed by atoms with Crippen molar-refractivity contribution in [2.45, 2.75) is 91.1 Å². The van der Waals surface area contributed by atoms with E-state index in [1.807, 2.05) is 41.4 Å².